The molecule has 0 saturated heterocycles. The standard InChI is InChI=1S/C20H23NO3/c1-20(19(23)24,17-12-6-3-7-13-17)15-21-18(22)14-8-11-16-9-4-2-5-10-16/h2-7,9-10,12-13H,8,11,14-15H2,1H3,(H,21,22)(H,23,24). The van der Waals surface area contributed by atoms with E-state index in [1.54, 1.807) is 31.2 Å². The minimum atomic E-state index is -1.13. The van der Waals surface area contributed by atoms with Crippen molar-refractivity contribution >= 4 is 11.9 Å². The summed E-state index contributed by atoms with van der Waals surface area (Å²) in [4.78, 5) is 23.7. The van der Waals surface area contributed by atoms with Gasteiger partial charge in [0.25, 0.3) is 0 Å². The van der Waals surface area contributed by atoms with Gasteiger partial charge in [-0.3, -0.25) is 9.59 Å². The second-order valence-corrected chi connectivity index (χ2v) is 6.12. The van der Waals surface area contributed by atoms with Gasteiger partial charge in [-0.25, -0.2) is 0 Å². The smallest absolute Gasteiger partial charge is 0.315 e. The van der Waals surface area contributed by atoms with Crippen LogP contribution in [0.1, 0.15) is 30.9 Å². The number of rotatable bonds is 8. The molecule has 0 aliphatic carbocycles. The van der Waals surface area contributed by atoms with E-state index in [4.69, 9.17) is 0 Å². The number of carbonyl (C=O) groups excluding carboxylic acids is 1. The summed E-state index contributed by atoms with van der Waals surface area (Å²) >= 11 is 0. The zero-order chi connectivity index (χ0) is 17.4. The van der Waals surface area contributed by atoms with Crippen LogP contribution in [0.4, 0.5) is 0 Å². The van der Waals surface area contributed by atoms with Crippen LogP contribution in [0.3, 0.4) is 0 Å². The number of hydrogen-bond donors (Lipinski definition) is 2. The molecule has 24 heavy (non-hydrogen) atoms. The lowest BCUT2D eigenvalue weighted by atomic mass is 9.82. The molecule has 1 amide bonds. The lowest BCUT2D eigenvalue weighted by Crippen LogP contribution is -2.44. The minimum Gasteiger partial charge on any atom is -0.481 e. The van der Waals surface area contributed by atoms with Crippen molar-refractivity contribution in [2.24, 2.45) is 0 Å². The maximum atomic E-state index is 12.0. The second-order valence-electron chi connectivity index (χ2n) is 6.12. The fourth-order valence-corrected chi connectivity index (χ4v) is 2.57. The number of nitrogens with one attached hydrogen (secondary N) is 1. The normalized spacial score (nSPS) is 13.0. The Hall–Kier alpha value is -2.62. The van der Waals surface area contributed by atoms with Crippen molar-refractivity contribution in [3.05, 3.63) is 71.8 Å². The first kappa shape index (κ1) is 17.7. The summed E-state index contributed by atoms with van der Waals surface area (Å²) in [6.07, 6.45) is 1.97. The van der Waals surface area contributed by atoms with Crippen molar-refractivity contribution in [1.29, 1.82) is 0 Å². The van der Waals surface area contributed by atoms with Gasteiger partial charge in [0.05, 0.1) is 0 Å². The average molecular weight is 325 g/mol. The van der Waals surface area contributed by atoms with E-state index in [9.17, 15) is 14.7 Å². The lowest BCUT2D eigenvalue weighted by Gasteiger charge is -2.25. The molecule has 0 spiro atoms. The van der Waals surface area contributed by atoms with Gasteiger partial charge in [0.15, 0.2) is 0 Å². The van der Waals surface area contributed by atoms with Crippen molar-refractivity contribution in [2.75, 3.05) is 6.54 Å². The van der Waals surface area contributed by atoms with Crippen molar-refractivity contribution in [2.45, 2.75) is 31.6 Å². The molecule has 126 valence electrons. The predicted molar refractivity (Wildman–Crippen MR) is 93.8 cm³/mol. The third-order valence-electron chi connectivity index (χ3n) is 4.23. The van der Waals surface area contributed by atoms with E-state index < -0.39 is 11.4 Å². The van der Waals surface area contributed by atoms with Gasteiger partial charge in [-0.15, -0.1) is 0 Å². The Kier molecular flexibility index (Phi) is 6.13. The van der Waals surface area contributed by atoms with Crippen LogP contribution in [0.5, 0.6) is 0 Å². The summed E-state index contributed by atoms with van der Waals surface area (Å²) in [7, 11) is 0. The van der Waals surface area contributed by atoms with Crippen molar-refractivity contribution in [3.8, 4) is 0 Å². The van der Waals surface area contributed by atoms with Crippen LogP contribution in [0.15, 0.2) is 60.7 Å². The second kappa shape index (κ2) is 8.29. The summed E-state index contributed by atoms with van der Waals surface area (Å²) in [5, 5.41) is 12.3. The summed E-state index contributed by atoms with van der Waals surface area (Å²) in [5.41, 5.74) is 0.753. The number of carboxylic acid groups (broad SMARTS) is 1. The first-order valence-electron chi connectivity index (χ1n) is 8.12. The molecule has 0 saturated carbocycles. The molecule has 0 bridgehead atoms. The number of aryl methyl sites for hydroxylation is 1. The molecule has 0 radical (unpaired) electrons. The quantitative estimate of drug-likeness (QED) is 0.783. The molecule has 4 heteroatoms. The molecule has 2 aromatic rings. The monoisotopic (exact) mass is 325 g/mol. The van der Waals surface area contributed by atoms with E-state index in [0.29, 0.717) is 12.0 Å². The van der Waals surface area contributed by atoms with Gasteiger partial charge in [-0.1, -0.05) is 60.7 Å². The minimum absolute atomic E-state index is 0.0799. The van der Waals surface area contributed by atoms with Crippen LogP contribution in [0, 0.1) is 0 Å². The van der Waals surface area contributed by atoms with Crippen molar-refractivity contribution in [1.82, 2.24) is 5.32 Å². The van der Waals surface area contributed by atoms with Crippen LogP contribution in [0.25, 0.3) is 0 Å². The maximum Gasteiger partial charge on any atom is 0.315 e. The predicted octanol–water partition coefficient (Wildman–Crippen LogP) is 3.17. The largest absolute Gasteiger partial charge is 0.481 e. The van der Waals surface area contributed by atoms with Gasteiger partial charge in [0.2, 0.25) is 5.91 Å². The van der Waals surface area contributed by atoms with Crippen LogP contribution < -0.4 is 5.32 Å². The van der Waals surface area contributed by atoms with E-state index in [0.717, 1.165) is 12.8 Å². The van der Waals surface area contributed by atoms with Gasteiger partial charge in [-0.05, 0) is 30.9 Å². The molecule has 1 unspecified atom stereocenters. The molecule has 2 rings (SSSR count). The summed E-state index contributed by atoms with van der Waals surface area (Å²) in [6, 6.07) is 19.0. The van der Waals surface area contributed by atoms with E-state index >= 15 is 0 Å². The van der Waals surface area contributed by atoms with Gasteiger partial charge in [0.1, 0.15) is 5.41 Å². The summed E-state index contributed by atoms with van der Waals surface area (Å²) < 4.78 is 0. The van der Waals surface area contributed by atoms with E-state index in [-0.39, 0.29) is 12.5 Å². The molecule has 2 aromatic carbocycles. The number of aliphatic carboxylic acids is 1. The Bertz CT molecular complexity index is 670. The molecule has 0 aliphatic heterocycles. The van der Waals surface area contributed by atoms with E-state index in [2.05, 4.69) is 5.32 Å². The van der Waals surface area contributed by atoms with Gasteiger partial charge < -0.3 is 10.4 Å². The highest BCUT2D eigenvalue weighted by molar-refractivity contribution is 5.83. The van der Waals surface area contributed by atoms with Crippen LogP contribution in [-0.4, -0.2) is 23.5 Å². The third kappa shape index (κ3) is 4.69. The van der Waals surface area contributed by atoms with E-state index in [1.807, 2.05) is 36.4 Å². The fourth-order valence-electron chi connectivity index (χ4n) is 2.57. The Labute approximate surface area is 142 Å². The highest BCUT2D eigenvalue weighted by atomic mass is 16.4. The molecule has 2 N–H and O–H groups in total. The zero-order valence-electron chi connectivity index (χ0n) is 13.9. The topological polar surface area (TPSA) is 66.4 Å². The molecule has 0 aliphatic rings. The Morgan fingerprint density at radius 2 is 1.58 bits per heavy atom. The zero-order valence-corrected chi connectivity index (χ0v) is 13.9. The molecular weight excluding hydrogens is 302 g/mol. The SMILES string of the molecule is CC(CNC(=O)CCCc1ccccc1)(C(=O)O)c1ccccc1. The van der Waals surface area contributed by atoms with Crippen molar-refractivity contribution < 1.29 is 14.7 Å². The number of carbonyl (C=O) groups is 2. The van der Waals surface area contributed by atoms with Crippen LogP contribution in [0.2, 0.25) is 0 Å². The maximum absolute atomic E-state index is 12.0. The molecule has 1 atom stereocenters. The third-order valence-corrected chi connectivity index (χ3v) is 4.23. The number of benzene rings is 2. The number of hydrogen-bond acceptors (Lipinski definition) is 2. The number of carboxylic acids is 1. The Balaban J connectivity index is 1.86. The van der Waals surface area contributed by atoms with Crippen molar-refractivity contribution in [3.63, 3.8) is 0 Å². The molecule has 4 nitrogen and oxygen atoms in total. The van der Waals surface area contributed by atoms with Gasteiger partial charge in [-0.2, -0.15) is 0 Å². The average Bonchev–Trinajstić information content (AvgIpc) is 2.61. The Morgan fingerprint density at radius 1 is 1.00 bits per heavy atom. The highest BCUT2D eigenvalue weighted by Gasteiger charge is 2.35. The lowest BCUT2D eigenvalue weighted by molar-refractivity contribution is -0.143. The highest BCUT2D eigenvalue weighted by Crippen LogP contribution is 2.23. The fraction of sp³-hybridized carbons (Fsp3) is 0.300. The first-order valence-corrected chi connectivity index (χ1v) is 8.12. The molecular formula is C20H23NO3. The van der Waals surface area contributed by atoms with Crippen LogP contribution >= 0.6 is 0 Å². The van der Waals surface area contributed by atoms with E-state index in [1.165, 1.54) is 5.56 Å². The molecule has 0 aromatic heterocycles. The summed E-state index contributed by atoms with van der Waals surface area (Å²) in [6.45, 7) is 1.71. The van der Waals surface area contributed by atoms with Crippen LogP contribution in [-0.2, 0) is 21.4 Å². The summed E-state index contributed by atoms with van der Waals surface area (Å²) in [5.74, 6) is -1.06. The van der Waals surface area contributed by atoms with Gasteiger partial charge >= 0.3 is 5.97 Å². The Morgan fingerprint density at radius 3 is 2.17 bits per heavy atom. The first-order chi connectivity index (χ1) is 11.5. The molecule has 0 fully saturated rings. The molecule has 0 heterocycles. The van der Waals surface area contributed by atoms with Gasteiger partial charge in [0, 0.05) is 13.0 Å². The number of amides is 1.